The number of carbonyl (C=O) groups excluding carboxylic acids is 2. The number of nitrogens with zero attached hydrogens (tertiary/aromatic N) is 2. The van der Waals surface area contributed by atoms with E-state index in [1.54, 1.807) is 49.6 Å². The molecule has 0 saturated carbocycles. The number of carbonyl (C=O) groups is 2. The molecule has 1 aliphatic heterocycles. The molecule has 44 heavy (non-hydrogen) atoms. The number of aromatic nitrogens is 1. The minimum Gasteiger partial charge on any atom is -0.507 e. The highest BCUT2D eigenvalue weighted by molar-refractivity contribution is 7.22. The molecule has 230 valence electrons. The van der Waals surface area contributed by atoms with Gasteiger partial charge in [0.25, 0.3) is 5.78 Å². The Balaban J connectivity index is 1.66. The molecule has 0 aliphatic carbocycles. The van der Waals surface area contributed by atoms with Crippen LogP contribution in [0.25, 0.3) is 16.0 Å². The normalized spacial score (nSPS) is 16.1. The first kappa shape index (κ1) is 31.1. The van der Waals surface area contributed by atoms with Crippen molar-refractivity contribution in [2.75, 3.05) is 25.2 Å². The number of ketones is 1. The van der Waals surface area contributed by atoms with E-state index < -0.39 is 17.7 Å². The third-order valence-corrected chi connectivity index (χ3v) is 8.60. The molecule has 0 bridgehead atoms. The molecular weight excluding hydrogens is 576 g/mol. The Morgan fingerprint density at radius 3 is 2.43 bits per heavy atom. The van der Waals surface area contributed by atoms with Crippen LogP contribution in [0.2, 0.25) is 0 Å². The van der Waals surface area contributed by atoms with E-state index in [1.165, 1.54) is 16.2 Å². The summed E-state index contributed by atoms with van der Waals surface area (Å²) in [4.78, 5) is 33.8. The first-order valence-electron chi connectivity index (χ1n) is 15.0. The quantitative estimate of drug-likeness (QED) is 0.0749. The number of thiazole rings is 1. The number of aliphatic hydroxyl groups is 1. The molecule has 3 aromatic carbocycles. The molecule has 1 N–H and O–H groups in total. The first-order valence-corrected chi connectivity index (χ1v) is 15.8. The largest absolute Gasteiger partial charge is 0.507 e. The molecular formula is C35H38N2O6S. The van der Waals surface area contributed by atoms with Gasteiger partial charge in [-0.3, -0.25) is 14.5 Å². The predicted molar refractivity (Wildman–Crippen MR) is 174 cm³/mol. The van der Waals surface area contributed by atoms with Gasteiger partial charge in [-0.1, -0.05) is 62.3 Å². The number of Topliss-reactive ketones (excluding diaryl/α,β-unsaturated/α-hetero) is 1. The second kappa shape index (κ2) is 13.5. The SMILES string of the molecule is CCCCOc1cccc(C(O)=C2C(=O)C(=O)N(c3nc4c(C)cc(C)cc4s3)C2c2ccc(OCCCC)c(OC)c2)c1. The molecule has 1 fully saturated rings. The Morgan fingerprint density at radius 1 is 0.955 bits per heavy atom. The minimum absolute atomic E-state index is 0.0328. The van der Waals surface area contributed by atoms with Crippen molar-refractivity contribution in [1.29, 1.82) is 0 Å². The second-order valence-electron chi connectivity index (χ2n) is 10.9. The monoisotopic (exact) mass is 614 g/mol. The zero-order valence-electron chi connectivity index (χ0n) is 25.8. The van der Waals surface area contributed by atoms with Crippen molar-refractivity contribution in [3.05, 3.63) is 82.4 Å². The number of anilines is 1. The Hall–Kier alpha value is -4.37. The van der Waals surface area contributed by atoms with Gasteiger partial charge < -0.3 is 19.3 Å². The van der Waals surface area contributed by atoms with Crippen LogP contribution in [-0.2, 0) is 9.59 Å². The lowest BCUT2D eigenvalue weighted by Gasteiger charge is -2.24. The lowest BCUT2D eigenvalue weighted by Crippen LogP contribution is -2.29. The summed E-state index contributed by atoms with van der Waals surface area (Å²) in [6.07, 6.45) is 3.76. The summed E-state index contributed by atoms with van der Waals surface area (Å²) in [6.45, 7) is 9.22. The topological polar surface area (TPSA) is 98.2 Å². The Bertz CT molecular complexity index is 1730. The molecule has 1 unspecified atom stereocenters. The highest BCUT2D eigenvalue weighted by Crippen LogP contribution is 2.46. The number of rotatable bonds is 12. The zero-order valence-corrected chi connectivity index (χ0v) is 26.6. The Kier molecular flexibility index (Phi) is 9.54. The van der Waals surface area contributed by atoms with Crippen LogP contribution in [0.3, 0.4) is 0 Å². The van der Waals surface area contributed by atoms with Crippen LogP contribution < -0.4 is 19.1 Å². The summed E-state index contributed by atoms with van der Waals surface area (Å²) >= 11 is 1.34. The minimum atomic E-state index is -0.958. The average Bonchev–Trinajstić information content (AvgIpc) is 3.55. The maximum Gasteiger partial charge on any atom is 0.301 e. The highest BCUT2D eigenvalue weighted by atomic mass is 32.1. The summed E-state index contributed by atoms with van der Waals surface area (Å²) in [5.41, 5.74) is 3.75. The number of amides is 1. The standard InChI is InChI=1S/C35H38N2O6S/c1-6-8-15-42-25-12-10-11-24(19-25)32(38)29-31(23-13-14-26(27(20-23)41-5)43-16-9-7-2)37(34(40)33(29)39)35-36-30-22(4)17-21(3)18-28(30)44-35/h10-14,17-20,31,38H,6-9,15-16H2,1-5H3. The zero-order chi connectivity index (χ0) is 31.4. The third kappa shape index (κ3) is 6.15. The van der Waals surface area contributed by atoms with E-state index in [1.807, 2.05) is 26.0 Å². The molecule has 0 radical (unpaired) electrons. The molecule has 8 nitrogen and oxygen atoms in total. The molecule has 4 aromatic rings. The van der Waals surface area contributed by atoms with E-state index in [-0.39, 0.29) is 11.3 Å². The van der Waals surface area contributed by atoms with Crippen LogP contribution in [-0.4, -0.2) is 42.1 Å². The Labute approximate surface area is 261 Å². The number of aliphatic hydroxyl groups excluding tert-OH is 1. The smallest absolute Gasteiger partial charge is 0.301 e. The van der Waals surface area contributed by atoms with E-state index in [0.29, 0.717) is 46.7 Å². The second-order valence-corrected chi connectivity index (χ2v) is 11.9. The van der Waals surface area contributed by atoms with Crippen molar-refractivity contribution in [2.45, 2.75) is 59.4 Å². The molecule has 9 heteroatoms. The van der Waals surface area contributed by atoms with Gasteiger partial charge in [0.2, 0.25) is 0 Å². The van der Waals surface area contributed by atoms with E-state index >= 15 is 0 Å². The van der Waals surface area contributed by atoms with Crippen LogP contribution in [0.1, 0.15) is 67.8 Å². The molecule has 1 aliphatic rings. The molecule has 2 heterocycles. The fraction of sp³-hybridized carbons (Fsp3) is 0.343. The number of aryl methyl sites for hydroxylation is 2. The van der Waals surface area contributed by atoms with Crippen LogP contribution in [0.4, 0.5) is 5.13 Å². The van der Waals surface area contributed by atoms with Crippen molar-refractivity contribution >= 4 is 44.1 Å². The number of unbranched alkanes of at least 4 members (excludes halogenated alkanes) is 2. The molecule has 1 saturated heterocycles. The highest BCUT2D eigenvalue weighted by Gasteiger charge is 2.48. The fourth-order valence-corrected chi connectivity index (χ4v) is 6.50. The summed E-state index contributed by atoms with van der Waals surface area (Å²) in [7, 11) is 1.55. The maximum atomic E-state index is 13.8. The molecule has 1 aromatic heterocycles. The molecule has 1 amide bonds. The lowest BCUT2D eigenvalue weighted by molar-refractivity contribution is -0.132. The van der Waals surface area contributed by atoms with Gasteiger partial charge in [0.05, 0.1) is 42.2 Å². The van der Waals surface area contributed by atoms with Gasteiger partial charge in [-0.2, -0.15) is 0 Å². The number of fused-ring (bicyclic) bond motifs is 1. The Morgan fingerprint density at radius 2 is 1.70 bits per heavy atom. The predicted octanol–water partition coefficient (Wildman–Crippen LogP) is 7.91. The van der Waals surface area contributed by atoms with Gasteiger partial charge in [0.15, 0.2) is 16.6 Å². The number of benzene rings is 3. The number of methoxy groups -OCH3 is 1. The summed E-state index contributed by atoms with van der Waals surface area (Å²) in [5, 5.41) is 12.1. The first-order chi connectivity index (χ1) is 21.3. The van der Waals surface area contributed by atoms with Crippen LogP contribution in [0, 0.1) is 13.8 Å². The van der Waals surface area contributed by atoms with Gasteiger partial charge >= 0.3 is 5.91 Å². The van der Waals surface area contributed by atoms with Gasteiger partial charge in [-0.05, 0) is 73.7 Å². The maximum absolute atomic E-state index is 13.8. The summed E-state index contributed by atoms with van der Waals surface area (Å²) in [6, 6.07) is 15.4. The van der Waals surface area contributed by atoms with E-state index in [0.717, 1.165) is 47.0 Å². The summed E-state index contributed by atoms with van der Waals surface area (Å²) in [5.74, 6) is -0.245. The van der Waals surface area contributed by atoms with Crippen molar-refractivity contribution in [3.63, 3.8) is 0 Å². The van der Waals surface area contributed by atoms with Crippen molar-refractivity contribution in [2.24, 2.45) is 0 Å². The van der Waals surface area contributed by atoms with Crippen LogP contribution >= 0.6 is 11.3 Å². The van der Waals surface area contributed by atoms with Crippen molar-refractivity contribution < 1.29 is 28.9 Å². The van der Waals surface area contributed by atoms with E-state index in [4.69, 9.17) is 19.2 Å². The van der Waals surface area contributed by atoms with Crippen molar-refractivity contribution in [3.8, 4) is 17.2 Å². The van der Waals surface area contributed by atoms with Gasteiger partial charge in [-0.25, -0.2) is 4.98 Å². The van der Waals surface area contributed by atoms with Gasteiger partial charge in [-0.15, -0.1) is 0 Å². The van der Waals surface area contributed by atoms with Crippen LogP contribution in [0.15, 0.2) is 60.2 Å². The number of hydrogen-bond donors (Lipinski definition) is 1. The lowest BCUT2D eigenvalue weighted by atomic mass is 9.95. The molecule has 1 atom stereocenters. The van der Waals surface area contributed by atoms with Gasteiger partial charge in [0, 0.05) is 5.56 Å². The number of ether oxygens (including phenoxy) is 3. The van der Waals surface area contributed by atoms with E-state index in [2.05, 4.69) is 13.8 Å². The molecule has 5 rings (SSSR count). The van der Waals surface area contributed by atoms with Crippen LogP contribution in [0.5, 0.6) is 17.2 Å². The number of hydrogen-bond acceptors (Lipinski definition) is 8. The fourth-order valence-electron chi connectivity index (χ4n) is 5.33. The van der Waals surface area contributed by atoms with E-state index in [9.17, 15) is 14.7 Å². The average molecular weight is 615 g/mol. The van der Waals surface area contributed by atoms with Crippen molar-refractivity contribution in [1.82, 2.24) is 4.98 Å². The molecule has 0 spiro atoms. The van der Waals surface area contributed by atoms with Gasteiger partial charge in [0.1, 0.15) is 11.5 Å². The third-order valence-electron chi connectivity index (χ3n) is 7.60. The summed E-state index contributed by atoms with van der Waals surface area (Å²) < 4.78 is 18.4.